The molecule has 0 spiro atoms. The van der Waals surface area contributed by atoms with Gasteiger partial charge in [-0.3, -0.25) is 4.79 Å². The zero-order valence-electron chi connectivity index (χ0n) is 16.7. The van der Waals surface area contributed by atoms with E-state index in [1.54, 1.807) is 21.6 Å². The molecular weight excluding hydrogens is 435 g/mol. The van der Waals surface area contributed by atoms with Crippen LogP contribution in [-0.2, 0) is 11.0 Å². The molecule has 0 unspecified atom stereocenters. The van der Waals surface area contributed by atoms with Crippen LogP contribution in [0.25, 0.3) is 0 Å². The van der Waals surface area contributed by atoms with Crippen LogP contribution < -0.4 is 4.90 Å². The number of anilines is 1. The Labute approximate surface area is 183 Å². The third-order valence-electron chi connectivity index (χ3n) is 4.81. The summed E-state index contributed by atoms with van der Waals surface area (Å²) < 4.78 is 39.4. The van der Waals surface area contributed by atoms with E-state index in [-0.39, 0.29) is 16.5 Å². The van der Waals surface area contributed by atoms with E-state index in [0.29, 0.717) is 37.6 Å². The zero-order chi connectivity index (χ0) is 21.9. The number of carbonyl (C=O) groups is 1. The number of thioether (sulfide) groups is 1. The minimum absolute atomic E-state index is 0.00169. The van der Waals surface area contributed by atoms with Gasteiger partial charge in [-0.1, -0.05) is 11.6 Å². The maximum Gasteiger partial charge on any atom is 0.419 e. The predicted octanol–water partition coefficient (Wildman–Crippen LogP) is 5.36. The zero-order valence-corrected chi connectivity index (χ0v) is 18.3. The number of hydrogen-bond donors (Lipinski definition) is 0. The summed E-state index contributed by atoms with van der Waals surface area (Å²) in [6, 6.07) is 9.79. The van der Waals surface area contributed by atoms with E-state index in [0.717, 1.165) is 11.0 Å². The summed E-state index contributed by atoms with van der Waals surface area (Å²) in [6.07, 6.45) is -2.77. The highest BCUT2D eigenvalue weighted by molar-refractivity contribution is 8.00. The number of hydrogen-bond acceptors (Lipinski definition) is 4. The van der Waals surface area contributed by atoms with Crippen molar-refractivity contribution in [1.29, 1.82) is 0 Å². The van der Waals surface area contributed by atoms with E-state index in [1.807, 2.05) is 38.1 Å². The van der Waals surface area contributed by atoms with Crippen molar-refractivity contribution in [3.63, 3.8) is 0 Å². The number of rotatable bonds is 5. The smallest absolute Gasteiger partial charge is 0.353 e. The number of alkyl halides is 3. The second-order valence-corrected chi connectivity index (χ2v) is 9.95. The lowest BCUT2D eigenvalue weighted by Gasteiger charge is -2.37. The standard InChI is InChI=1S/C21H23ClF3N3OS/c1-20(2,30-16-7-5-15(22)6-8-16)14-18(29)27-10-12-28(13-11-27)19-17(21(23,24)25)4-3-9-26-19/h3-9H,10-14H2,1-2H3. The molecule has 1 fully saturated rings. The van der Waals surface area contributed by atoms with Gasteiger partial charge in [0.05, 0.1) is 5.56 Å². The van der Waals surface area contributed by atoms with Crippen molar-refractivity contribution in [2.45, 2.75) is 36.1 Å². The van der Waals surface area contributed by atoms with Crippen LogP contribution in [0.2, 0.25) is 5.02 Å². The third-order valence-corrected chi connectivity index (χ3v) is 6.27. The van der Waals surface area contributed by atoms with E-state index in [9.17, 15) is 18.0 Å². The summed E-state index contributed by atoms with van der Waals surface area (Å²) >= 11 is 7.52. The van der Waals surface area contributed by atoms with Crippen LogP contribution in [0.1, 0.15) is 25.8 Å². The topological polar surface area (TPSA) is 36.4 Å². The van der Waals surface area contributed by atoms with Crippen LogP contribution >= 0.6 is 23.4 Å². The van der Waals surface area contributed by atoms with Crippen LogP contribution in [0.3, 0.4) is 0 Å². The highest BCUT2D eigenvalue weighted by Crippen LogP contribution is 2.37. The molecule has 2 aromatic rings. The van der Waals surface area contributed by atoms with E-state index >= 15 is 0 Å². The molecule has 1 aliphatic heterocycles. The fourth-order valence-electron chi connectivity index (χ4n) is 3.37. The summed E-state index contributed by atoms with van der Waals surface area (Å²) in [5, 5.41) is 0.660. The lowest BCUT2D eigenvalue weighted by molar-refractivity contribution is -0.137. The molecule has 0 aliphatic carbocycles. The van der Waals surface area contributed by atoms with Gasteiger partial charge in [0, 0.05) is 53.5 Å². The summed E-state index contributed by atoms with van der Waals surface area (Å²) in [5.74, 6) is -0.0751. The maximum atomic E-state index is 13.3. The van der Waals surface area contributed by atoms with Crippen LogP contribution in [0, 0.1) is 0 Å². The van der Waals surface area contributed by atoms with Crippen molar-refractivity contribution in [3.8, 4) is 0 Å². The van der Waals surface area contributed by atoms with Crippen LogP contribution in [-0.4, -0.2) is 46.7 Å². The molecule has 9 heteroatoms. The van der Waals surface area contributed by atoms with E-state index in [1.165, 1.54) is 12.3 Å². The number of benzene rings is 1. The summed E-state index contributed by atoms with van der Waals surface area (Å²) in [5.41, 5.74) is -0.745. The fourth-order valence-corrected chi connectivity index (χ4v) is 4.60. The van der Waals surface area contributed by atoms with Gasteiger partial charge in [0.1, 0.15) is 5.82 Å². The van der Waals surface area contributed by atoms with Crippen molar-refractivity contribution in [3.05, 3.63) is 53.2 Å². The van der Waals surface area contributed by atoms with Gasteiger partial charge in [0.25, 0.3) is 0 Å². The van der Waals surface area contributed by atoms with Crippen molar-refractivity contribution >= 4 is 35.1 Å². The Morgan fingerprint density at radius 1 is 1.10 bits per heavy atom. The molecule has 0 N–H and O–H groups in total. The highest BCUT2D eigenvalue weighted by atomic mass is 35.5. The Morgan fingerprint density at radius 2 is 1.73 bits per heavy atom. The van der Waals surface area contributed by atoms with Crippen LogP contribution in [0.5, 0.6) is 0 Å². The summed E-state index contributed by atoms with van der Waals surface area (Å²) in [6.45, 7) is 5.38. The van der Waals surface area contributed by atoms with Gasteiger partial charge >= 0.3 is 6.18 Å². The number of aromatic nitrogens is 1. The first-order valence-corrected chi connectivity index (χ1v) is 10.7. The van der Waals surface area contributed by atoms with E-state index in [4.69, 9.17) is 11.6 Å². The Balaban J connectivity index is 1.58. The molecule has 4 nitrogen and oxygen atoms in total. The molecule has 0 saturated carbocycles. The Morgan fingerprint density at radius 3 is 2.33 bits per heavy atom. The number of pyridine rings is 1. The van der Waals surface area contributed by atoms with Crippen molar-refractivity contribution in [2.75, 3.05) is 31.1 Å². The molecule has 1 saturated heterocycles. The first kappa shape index (κ1) is 22.7. The molecule has 1 aliphatic rings. The van der Waals surface area contributed by atoms with Crippen LogP contribution in [0.4, 0.5) is 19.0 Å². The molecule has 162 valence electrons. The third kappa shape index (κ3) is 5.82. The minimum atomic E-state index is -4.46. The second-order valence-electron chi connectivity index (χ2n) is 7.73. The first-order valence-electron chi connectivity index (χ1n) is 9.55. The van der Waals surface area contributed by atoms with Gasteiger partial charge in [0.15, 0.2) is 0 Å². The summed E-state index contributed by atoms with van der Waals surface area (Å²) in [4.78, 5) is 21.1. The fraction of sp³-hybridized carbons (Fsp3) is 0.429. The molecule has 1 aromatic carbocycles. The van der Waals surface area contributed by atoms with Gasteiger partial charge in [0.2, 0.25) is 5.91 Å². The lowest BCUT2D eigenvalue weighted by Crippen LogP contribution is -2.50. The maximum absolute atomic E-state index is 13.3. The molecule has 3 rings (SSSR count). The highest BCUT2D eigenvalue weighted by Gasteiger charge is 2.37. The average molecular weight is 458 g/mol. The van der Waals surface area contributed by atoms with Gasteiger partial charge in [-0.25, -0.2) is 4.98 Å². The SMILES string of the molecule is CC(C)(CC(=O)N1CCN(c2ncccc2C(F)(F)F)CC1)Sc1ccc(Cl)cc1. The molecular formula is C21H23ClF3N3OS. The van der Waals surface area contributed by atoms with Gasteiger partial charge in [-0.2, -0.15) is 13.2 Å². The van der Waals surface area contributed by atoms with Crippen molar-refractivity contribution in [2.24, 2.45) is 0 Å². The number of halogens is 4. The van der Waals surface area contributed by atoms with Gasteiger partial charge in [-0.15, -0.1) is 11.8 Å². The first-order chi connectivity index (χ1) is 14.0. The molecule has 2 heterocycles. The average Bonchev–Trinajstić information content (AvgIpc) is 2.69. The number of nitrogens with zero attached hydrogens (tertiary/aromatic N) is 3. The monoisotopic (exact) mass is 457 g/mol. The number of carbonyl (C=O) groups excluding carboxylic acids is 1. The lowest BCUT2D eigenvalue weighted by atomic mass is 10.1. The van der Waals surface area contributed by atoms with Gasteiger partial charge in [-0.05, 0) is 50.2 Å². The molecule has 30 heavy (non-hydrogen) atoms. The van der Waals surface area contributed by atoms with E-state index in [2.05, 4.69) is 4.98 Å². The minimum Gasteiger partial charge on any atom is -0.353 e. The Kier molecular flexibility index (Phi) is 6.87. The van der Waals surface area contributed by atoms with E-state index < -0.39 is 11.7 Å². The molecule has 0 bridgehead atoms. The molecule has 1 aromatic heterocycles. The second kappa shape index (κ2) is 9.06. The molecule has 0 radical (unpaired) electrons. The quantitative estimate of drug-likeness (QED) is 0.566. The van der Waals surface area contributed by atoms with Crippen LogP contribution in [0.15, 0.2) is 47.5 Å². The predicted molar refractivity (Wildman–Crippen MR) is 114 cm³/mol. The molecule has 0 atom stereocenters. The normalized spacial score (nSPS) is 15.4. The molecule has 1 amide bonds. The summed E-state index contributed by atoms with van der Waals surface area (Å²) in [7, 11) is 0. The van der Waals surface area contributed by atoms with Crippen molar-refractivity contribution < 1.29 is 18.0 Å². The Bertz CT molecular complexity index is 882. The van der Waals surface area contributed by atoms with Crippen molar-refractivity contribution in [1.82, 2.24) is 9.88 Å². The largest absolute Gasteiger partial charge is 0.419 e. The van der Waals surface area contributed by atoms with Gasteiger partial charge < -0.3 is 9.80 Å². The number of piperazine rings is 1. The number of amides is 1. The Hall–Kier alpha value is -1.93.